The van der Waals surface area contributed by atoms with Crippen molar-refractivity contribution in [2.75, 3.05) is 24.1 Å². The number of methoxy groups -OCH3 is 1. The molecule has 3 amide bonds. The van der Waals surface area contributed by atoms with Gasteiger partial charge in [0, 0.05) is 24.5 Å². The van der Waals surface area contributed by atoms with E-state index in [0.29, 0.717) is 16.9 Å². The highest BCUT2D eigenvalue weighted by Crippen LogP contribution is 2.43. The fraction of sp³-hybridized carbons (Fsp3) is 0.500. The highest BCUT2D eigenvalue weighted by atomic mass is 35.5. The van der Waals surface area contributed by atoms with E-state index in [1.54, 1.807) is 72.9 Å². The minimum atomic E-state index is -1.44. The highest BCUT2D eigenvalue weighted by molar-refractivity contribution is 8.00. The molecule has 2 atom stereocenters. The lowest BCUT2D eigenvalue weighted by molar-refractivity contribution is -0.172. The van der Waals surface area contributed by atoms with E-state index in [4.69, 9.17) is 47.0 Å². The van der Waals surface area contributed by atoms with Crippen molar-refractivity contribution >= 4 is 87.0 Å². The molecule has 5 rings (SSSR count). The second-order valence-corrected chi connectivity index (χ2v) is 17.1. The number of alkyl halides is 1. The molecular formula is C34H39Cl2N5O10S2. The predicted molar refractivity (Wildman–Crippen MR) is 198 cm³/mol. The topological polar surface area (TPSA) is 184 Å². The number of nitrogens with zero attached hydrogens (tertiary/aromatic N) is 3. The lowest BCUT2D eigenvalue weighted by Crippen LogP contribution is -2.71. The van der Waals surface area contributed by atoms with Crippen molar-refractivity contribution in [1.82, 2.24) is 15.2 Å². The Morgan fingerprint density at radius 1 is 1.06 bits per heavy atom. The molecule has 1 aromatic carbocycles. The van der Waals surface area contributed by atoms with Gasteiger partial charge in [-0.2, -0.15) is 0 Å². The third kappa shape index (κ3) is 9.55. The summed E-state index contributed by atoms with van der Waals surface area (Å²) in [7, 11) is 1.54. The number of carbonyl (C=O) groups excluding carboxylic acids is 5. The van der Waals surface area contributed by atoms with Gasteiger partial charge in [0.1, 0.15) is 50.7 Å². The van der Waals surface area contributed by atoms with Gasteiger partial charge >= 0.3 is 18.0 Å². The number of aromatic nitrogens is 1. The normalized spacial score (nSPS) is 19.4. The Bertz CT molecular complexity index is 1850. The number of hydrogen-bond acceptors (Lipinski definition) is 14. The van der Waals surface area contributed by atoms with E-state index in [1.807, 2.05) is 0 Å². The molecule has 0 radical (unpaired) electrons. The van der Waals surface area contributed by atoms with Crippen molar-refractivity contribution < 1.29 is 47.8 Å². The monoisotopic (exact) mass is 811 g/mol. The van der Waals surface area contributed by atoms with Gasteiger partial charge in [-0.25, -0.2) is 19.4 Å². The average Bonchev–Trinajstić information content (AvgIpc) is 3.80. The number of hydrogen-bond donors (Lipinski definition) is 2. The zero-order chi connectivity index (χ0) is 38.9. The largest absolute Gasteiger partial charge is 0.497 e. The van der Waals surface area contributed by atoms with E-state index in [1.165, 1.54) is 16.7 Å². The third-order valence-corrected chi connectivity index (χ3v) is 10.5. The van der Waals surface area contributed by atoms with Crippen LogP contribution in [0.15, 0.2) is 40.7 Å². The number of carbonyl (C=O) groups is 5. The Morgan fingerprint density at radius 2 is 1.72 bits per heavy atom. The molecule has 2 unspecified atom stereocenters. The van der Waals surface area contributed by atoms with E-state index in [0.717, 1.165) is 11.3 Å². The molecule has 1 aromatic heterocycles. The van der Waals surface area contributed by atoms with Crippen LogP contribution in [0.25, 0.3) is 0 Å². The van der Waals surface area contributed by atoms with E-state index in [-0.39, 0.29) is 51.9 Å². The zero-order valence-electron chi connectivity index (χ0n) is 30.0. The van der Waals surface area contributed by atoms with Gasteiger partial charge in [0.15, 0.2) is 10.8 Å². The number of thiazole rings is 1. The molecule has 19 heteroatoms. The van der Waals surface area contributed by atoms with E-state index in [2.05, 4.69) is 20.8 Å². The second-order valence-electron chi connectivity index (χ2n) is 14.2. The third-order valence-electron chi connectivity index (χ3n) is 7.64. The van der Waals surface area contributed by atoms with Gasteiger partial charge in [0.05, 0.1) is 7.11 Å². The number of nitrogens with one attached hydrogen (secondary N) is 2. The first-order valence-electron chi connectivity index (χ1n) is 16.3. The Balaban J connectivity index is 1.36. The summed E-state index contributed by atoms with van der Waals surface area (Å²) < 4.78 is 21.4. The number of ether oxygens (including phenoxy) is 4. The molecule has 2 aromatic rings. The zero-order valence-corrected chi connectivity index (χ0v) is 33.1. The van der Waals surface area contributed by atoms with Crippen molar-refractivity contribution in [3.05, 3.63) is 51.1 Å². The van der Waals surface area contributed by atoms with Crippen molar-refractivity contribution in [2.45, 2.75) is 89.2 Å². The Kier molecular flexibility index (Phi) is 11.9. The first-order valence-corrected chi connectivity index (χ1v) is 19.1. The van der Waals surface area contributed by atoms with Gasteiger partial charge in [-0.1, -0.05) is 40.2 Å². The molecule has 2 aliphatic heterocycles. The summed E-state index contributed by atoms with van der Waals surface area (Å²) in [5.74, 6) is -2.02. The number of fused-ring (bicyclic) bond motifs is 1. The van der Waals surface area contributed by atoms with E-state index in [9.17, 15) is 24.0 Å². The first kappa shape index (κ1) is 40.1. The SMILES string of the molecule is COc1ccc(COC(=O)C2=C(CCl)CSC3C(NC(=O)/C(=N\OC4(C(=O)OC(C)(C)C)CC4)c4nc(NC(=O)OC(C)(C)C)sc4Cl)C(=O)N23)cc1. The standard InChI is InChI=1S/C34H39Cl2N5O10S2/c1-32(2,3)49-29(45)34(12-13-34)51-40-21(20-24(36)53-30(38-20)39-31(46)50-33(4,5)6)25(42)37-22-26(43)41-23(18(14-35)16-52-27(22)41)28(44)48-15-17-8-10-19(47-7)11-9-17/h8-11,22,27H,12-16H2,1-7H3,(H,37,42)(H,38,39,46)/b40-21-. The Morgan fingerprint density at radius 3 is 2.30 bits per heavy atom. The highest BCUT2D eigenvalue weighted by Gasteiger charge is 2.57. The Labute approximate surface area is 324 Å². The molecule has 3 heterocycles. The lowest BCUT2D eigenvalue weighted by atomic mass is 10.0. The average molecular weight is 813 g/mol. The number of esters is 2. The lowest BCUT2D eigenvalue weighted by Gasteiger charge is -2.49. The number of oxime groups is 1. The van der Waals surface area contributed by atoms with Gasteiger partial charge in [-0.05, 0) is 64.8 Å². The van der Waals surface area contributed by atoms with Crippen LogP contribution in [0.5, 0.6) is 5.75 Å². The van der Waals surface area contributed by atoms with Gasteiger partial charge in [0.25, 0.3) is 11.8 Å². The number of β-lactam (4-membered cyclic amide) rings is 1. The Hall–Kier alpha value is -4.06. The quantitative estimate of drug-likeness (QED) is 0.0698. The van der Waals surface area contributed by atoms with Crippen LogP contribution in [0.3, 0.4) is 0 Å². The van der Waals surface area contributed by atoms with Crippen LogP contribution in [0.2, 0.25) is 4.34 Å². The summed E-state index contributed by atoms with van der Waals surface area (Å²) in [5.41, 5.74) is -2.50. The van der Waals surface area contributed by atoms with Crippen molar-refractivity contribution in [2.24, 2.45) is 5.16 Å². The predicted octanol–water partition coefficient (Wildman–Crippen LogP) is 5.38. The number of thioether (sulfide) groups is 1. The number of amides is 3. The number of halogens is 2. The summed E-state index contributed by atoms with van der Waals surface area (Å²) in [4.78, 5) is 77.6. The minimum Gasteiger partial charge on any atom is -0.497 e. The maximum absolute atomic E-state index is 14.0. The van der Waals surface area contributed by atoms with Crippen LogP contribution in [-0.4, -0.2) is 92.4 Å². The minimum absolute atomic E-state index is 0.0124. The number of anilines is 1. The van der Waals surface area contributed by atoms with Crippen LogP contribution >= 0.6 is 46.3 Å². The summed E-state index contributed by atoms with van der Waals surface area (Å²) in [6, 6.07) is 5.84. The van der Waals surface area contributed by atoms with E-state index < -0.39 is 63.8 Å². The van der Waals surface area contributed by atoms with Crippen molar-refractivity contribution in [3.63, 3.8) is 0 Å². The van der Waals surface area contributed by atoms with Crippen LogP contribution < -0.4 is 15.4 Å². The maximum atomic E-state index is 14.0. The van der Waals surface area contributed by atoms with Crippen molar-refractivity contribution in [1.29, 1.82) is 0 Å². The summed E-state index contributed by atoms with van der Waals surface area (Å²) in [5, 5.41) is 8.46. The second kappa shape index (κ2) is 15.7. The fourth-order valence-electron chi connectivity index (χ4n) is 4.96. The molecule has 2 fully saturated rings. The molecule has 286 valence electrons. The molecular weight excluding hydrogens is 773 g/mol. The summed E-state index contributed by atoms with van der Waals surface area (Å²) >= 11 is 14.8. The molecule has 1 saturated carbocycles. The molecule has 3 aliphatic rings. The fourth-order valence-corrected chi connectivity index (χ4v) is 7.67. The molecule has 2 N–H and O–H groups in total. The number of benzene rings is 1. The molecule has 0 spiro atoms. The van der Waals surface area contributed by atoms with Gasteiger partial charge < -0.3 is 29.1 Å². The van der Waals surface area contributed by atoms with Crippen LogP contribution in [0, 0.1) is 0 Å². The molecule has 1 saturated heterocycles. The maximum Gasteiger partial charge on any atom is 0.413 e. The van der Waals surface area contributed by atoms with Gasteiger partial charge in [-0.15, -0.1) is 23.4 Å². The first-order chi connectivity index (χ1) is 24.8. The van der Waals surface area contributed by atoms with Gasteiger partial charge in [0.2, 0.25) is 5.60 Å². The van der Waals surface area contributed by atoms with Gasteiger partial charge in [-0.3, -0.25) is 19.8 Å². The van der Waals surface area contributed by atoms with Crippen LogP contribution in [-0.2, 0) is 44.8 Å². The van der Waals surface area contributed by atoms with Crippen LogP contribution in [0.4, 0.5) is 9.93 Å². The molecule has 0 bridgehead atoms. The van der Waals surface area contributed by atoms with E-state index >= 15 is 0 Å². The van der Waals surface area contributed by atoms with Crippen molar-refractivity contribution in [3.8, 4) is 5.75 Å². The number of rotatable bonds is 12. The van der Waals surface area contributed by atoms with Crippen LogP contribution in [0.1, 0.15) is 65.6 Å². The molecule has 1 aliphatic carbocycles. The summed E-state index contributed by atoms with van der Waals surface area (Å²) in [6.45, 7) is 10.1. The molecule has 53 heavy (non-hydrogen) atoms. The smallest absolute Gasteiger partial charge is 0.413 e. The summed E-state index contributed by atoms with van der Waals surface area (Å²) in [6.07, 6.45) is -0.261. The molecule has 15 nitrogen and oxygen atoms in total.